The molecular formula is C6H14N2. The first-order valence-corrected chi connectivity index (χ1v) is 2.81. The molecule has 0 radical (unpaired) electrons. The van der Waals surface area contributed by atoms with Crippen LogP contribution in [0.2, 0.25) is 0 Å². The molecule has 0 amide bonds. The normalized spacial score (nSPS) is 18.8. The molecule has 1 aliphatic rings. The van der Waals surface area contributed by atoms with Crippen LogP contribution in [0.4, 0.5) is 0 Å². The average molecular weight is 114 g/mol. The largest absolute Gasteiger partial charge is 0.389 e. The van der Waals surface area contributed by atoms with E-state index < -0.39 is 0 Å². The molecule has 1 saturated heterocycles. The number of hydrogen-bond acceptors (Lipinski definition) is 2. The molecule has 48 valence electrons. The second-order valence-corrected chi connectivity index (χ2v) is 1.99. The quantitative estimate of drug-likeness (QED) is 0.500. The van der Waals surface area contributed by atoms with Crippen molar-refractivity contribution in [1.82, 2.24) is 11.5 Å². The Labute approximate surface area is 50.6 Å². The van der Waals surface area contributed by atoms with E-state index in [1.807, 2.05) is 0 Å². The van der Waals surface area contributed by atoms with Gasteiger partial charge in [0.05, 0.1) is 0 Å². The molecule has 4 N–H and O–H groups in total. The number of piperidine rings is 1. The first kappa shape index (κ1) is 7.50. The van der Waals surface area contributed by atoms with Crippen molar-refractivity contribution in [2.75, 3.05) is 6.54 Å². The van der Waals surface area contributed by atoms with Gasteiger partial charge < -0.3 is 11.5 Å². The van der Waals surface area contributed by atoms with E-state index in [1.54, 1.807) is 0 Å². The summed E-state index contributed by atoms with van der Waals surface area (Å²) in [6.07, 6.45) is 3.82. The second-order valence-electron chi connectivity index (χ2n) is 1.99. The Morgan fingerprint density at radius 1 is 1.38 bits per heavy atom. The molecule has 0 bridgehead atoms. The maximum Gasteiger partial charge on any atom is 0.0143 e. The minimum Gasteiger partial charge on any atom is -0.389 e. The molecule has 0 aromatic heterocycles. The van der Waals surface area contributed by atoms with E-state index in [9.17, 15) is 0 Å². The Balaban J connectivity index is 0.000000490. The van der Waals surface area contributed by atoms with E-state index in [4.69, 9.17) is 0 Å². The topological polar surface area (TPSA) is 47.0 Å². The molecule has 1 rings (SSSR count). The zero-order valence-corrected chi connectivity index (χ0v) is 5.24. The molecule has 0 aliphatic carbocycles. The zero-order chi connectivity index (χ0) is 5.11. The Morgan fingerprint density at radius 3 is 2.38 bits per heavy atom. The Hall–Kier alpha value is -0.500. The third-order valence-corrected chi connectivity index (χ3v) is 1.28. The second kappa shape index (κ2) is 3.50. The van der Waals surface area contributed by atoms with Crippen molar-refractivity contribution in [3.05, 3.63) is 12.3 Å². The Kier molecular flexibility index (Phi) is 3.28. The van der Waals surface area contributed by atoms with Crippen molar-refractivity contribution in [1.29, 1.82) is 0 Å². The molecule has 1 fully saturated rings. The summed E-state index contributed by atoms with van der Waals surface area (Å²) in [5, 5.41) is 3.19. The van der Waals surface area contributed by atoms with Crippen molar-refractivity contribution in [3.8, 4) is 0 Å². The van der Waals surface area contributed by atoms with Gasteiger partial charge in [0.15, 0.2) is 0 Å². The van der Waals surface area contributed by atoms with Gasteiger partial charge in [0.2, 0.25) is 0 Å². The molecule has 8 heavy (non-hydrogen) atoms. The highest BCUT2D eigenvalue weighted by molar-refractivity contribution is 4.93. The van der Waals surface area contributed by atoms with E-state index in [-0.39, 0.29) is 6.15 Å². The predicted molar refractivity (Wildman–Crippen MR) is 36.0 cm³/mol. The van der Waals surface area contributed by atoms with E-state index in [0.717, 1.165) is 6.54 Å². The lowest BCUT2D eigenvalue weighted by atomic mass is 10.1. The molecule has 1 aliphatic heterocycles. The lowest BCUT2D eigenvalue weighted by Gasteiger charge is -2.13. The van der Waals surface area contributed by atoms with Crippen molar-refractivity contribution < 1.29 is 0 Å². The fraction of sp³-hybridized carbons (Fsp3) is 0.667. The highest BCUT2D eigenvalue weighted by Gasteiger charge is 1.98. The number of hydrogen-bond donors (Lipinski definition) is 2. The summed E-state index contributed by atoms with van der Waals surface area (Å²) in [4.78, 5) is 0. The summed E-state index contributed by atoms with van der Waals surface area (Å²) in [5.74, 6) is 0. The third kappa shape index (κ3) is 1.98. The minimum atomic E-state index is 0. The molecule has 0 spiro atoms. The lowest BCUT2D eigenvalue weighted by Crippen LogP contribution is -2.18. The van der Waals surface area contributed by atoms with Crippen LogP contribution in [0.5, 0.6) is 0 Å². The van der Waals surface area contributed by atoms with Crippen molar-refractivity contribution >= 4 is 0 Å². The van der Waals surface area contributed by atoms with Gasteiger partial charge in [-0.05, 0) is 19.3 Å². The van der Waals surface area contributed by atoms with E-state index in [1.165, 1.54) is 25.0 Å². The van der Waals surface area contributed by atoms with Crippen LogP contribution >= 0.6 is 0 Å². The van der Waals surface area contributed by atoms with Gasteiger partial charge in [-0.1, -0.05) is 6.58 Å². The van der Waals surface area contributed by atoms with E-state index >= 15 is 0 Å². The van der Waals surface area contributed by atoms with Crippen LogP contribution in [0.1, 0.15) is 19.3 Å². The lowest BCUT2D eigenvalue weighted by molar-refractivity contribution is 0.590. The van der Waals surface area contributed by atoms with Gasteiger partial charge in [-0.2, -0.15) is 0 Å². The van der Waals surface area contributed by atoms with Crippen LogP contribution in [0.3, 0.4) is 0 Å². The van der Waals surface area contributed by atoms with Crippen LogP contribution in [-0.4, -0.2) is 6.54 Å². The maximum absolute atomic E-state index is 3.80. The summed E-state index contributed by atoms with van der Waals surface area (Å²) < 4.78 is 0. The summed E-state index contributed by atoms with van der Waals surface area (Å²) in [6, 6.07) is 0. The van der Waals surface area contributed by atoms with Crippen LogP contribution in [0.15, 0.2) is 12.3 Å². The summed E-state index contributed by atoms with van der Waals surface area (Å²) >= 11 is 0. The number of rotatable bonds is 0. The molecule has 0 aromatic carbocycles. The first-order valence-electron chi connectivity index (χ1n) is 2.81. The Morgan fingerprint density at radius 2 is 2.12 bits per heavy atom. The summed E-state index contributed by atoms with van der Waals surface area (Å²) in [7, 11) is 0. The maximum atomic E-state index is 3.80. The van der Waals surface area contributed by atoms with Gasteiger partial charge in [-0.25, -0.2) is 0 Å². The van der Waals surface area contributed by atoms with Crippen LogP contribution < -0.4 is 11.5 Å². The Bertz CT molecular complexity index is 70.6. The third-order valence-electron chi connectivity index (χ3n) is 1.28. The number of allylic oxidation sites excluding steroid dienone is 1. The predicted octanol–water partition coefficient (Wildman–Crippen LogP) is 1.44. The first-order chi connectivity index (χ1) is 3.39. The minimum absolute atomic E-state index is 0. The molecule has 0 saturated carbocycles. The average Bonchev–Trinajstić information content (AvgIpc) is 1.69. The number of nitrogens with one attached hydrogen (secondary N) is 1. The highest BCUT2D eigenvalue weighted by Crippen LogP contribution is 2.06. The molecule has 2 heteroatoms. The summed E-state index contributed by atoms with van der Waals surface area (Å²) in [6.45, 7) is 4.94. The van der Waals surface area contributed by atoms with Gasteiger partial charge in [0.1, 0.15) is 0 Å². The van der Waals surface area contributed by atoms with Crippen molar-refractivity contribution in [3.63, 3.8) is 0 Å². The molecule has 2 nitrogen and oxygen atoms in total. The fourth-order valence-electron chi connectivity index (χ4n) is 0.817. The van der Waals surface area contributed by atoms with Crippen LogP contribution in [0.25, 0.3) is 0 Å². The smallest absolute Gasteiger partial charge is 0.0143 e. The van der Waals surface area contributed by atoms with E-state index in [0.29, 0.717) is 0 Å². The van der Waals surface area contributed by atoms with Gasteiger partial charge in [-0.15, -0.1) is 0 Å². The van der Waals surface area contributed by atoms with Crippen molar-refractivity contribution in [2.45, 2.75) is 19.3 Å². The molecule has 0 unspecified atom stereocenters. The van der Waals surface area contributed by atoms with Gasteiger partial charge >= 0.3 is 0 Å². The molecule has 0 atom stereocenters. The zero-order valence-electron chi connectivity index (χ0n) is 5.24. The molecular weight excluding hydrogens is 100 g/mol. The molecule has 1 heterocycles. The fourth-order valence-corrected chi connectivity index (χ4v) is 0.817. The van der Waals surface area contributed by atoms with Gasteiger partial charge in [0, 0.05) is 12.2 Å². The van der Waals surface area contributed by atoms with E-state index in [2.05, 4.69) is 11.9 Å². The molecule has 0 aromatic rings. The van der Waals surface area contributed by atoms with Gasteiger partial charge in [0.25, 0.3) is 0 Å². The monoisotopic (exact) mass is 114 g/mol. The van der Waals surface area contributed by atoms with Gasteiger partial charge in [-0.3, -0.25) is 0 Å². The highest BCUT2D eigenvalue weighted by atomic mass is 14.9. The standard InChI is InChI=1S/C6H11N.H3N/c1-6-4-2-3-5-7-6;/h7H,1-5H2;1H3. The van der Waals surface area contributed by atoms with Crippen LogP contribution in [-0.2, 0) is 0 Å². The van der Waals surface area contributed by atoms with Crippen molar-refractivity contribution in [2.24, 2.45) is 0 Å². The summed E-state index contributed by atoms with van der Waals surface area (Å²) in [5.41, 5.74) is 1.21. The van der Waals surface area contributed by atoms with Crippen LogP contribution in [0, 0.1) is 0 Å². The SMILES string of the molecule is C=C1CCCCN1.N.